The number of imidazole rings is 1. The highest BCUT2D eigenvalue weighted by atomic mass is 16.2. The molecule has 0 aliphatic carbocycles. The molecular formula is C24H27N5O2. The van der Waals surface area contributed by atoms with Gasteiger partial charge in [0.05, 0.1) is 40.6 Å². The average molecular weight is 418 g/mol. The number of nitrogens with zero attached hydrogens (tertiary/aromatic N) is 3. The molecule has 2 heterocycles. The molecular weight excluding hydrogens is 390 g/mol. The lowest BCUT2D eigenvalue weighted by atomic mass is 10.0. The summed E-state index contributed by atoms with van der Waals surface area (Å²) in [5, 5.41) is 8.92. The van der Waals surface area contributed by atoms with Gasteiger partial charge in [0.1, 0.15) is 5.82 Å². The van der Waals surface area contributed by atoms with E-state index >= 15 is 0 Å². The van der Waals surface area contributed by atoms with Gasteiger partial charge in [-0.15, -0.1) is 0 Å². The standard InChI is InChI=1S/C24H27N5O2/c1-14(2)22(23-25-18-11-7-8-12-19(18)26-23)27-21(30)13-20-16-9-5-6-10-17(16)24(31)29(28-20)15(3)4/h5-12,14-15,22H,13H2,1-4H3,(H,25,26)(H,27,30)/t22-/m0/s1. The molecule has 7 nitrogen and oxygen atoms in total. The molecule has 0 unspecified atom stereocenters. The first-order chi connectivity index (χ1) is 14.8. The van der Waals surface area contributed by atoms with Crippen LogP contribution in [0.4, 0.5) is 0 Å². The Morgan fingerprint density at radius 2 is 1.71 bits per heavy atom. The number of hydrogen-bond acceptors (Lipinski definition) is 4. The minimum absolute atomic E-state index is 0.0803. The van der Waals surface area contributed by atoms with Crippen molar-refractivity contribution in [3.8, 4) is 0 Å². The smallest absolute Gasteiger partial charge is 0.274 e. The molecule has 2 N–H and O–H groups in total. The van der Waals surface area contributed by atoms with Crippen LogP contribution in [0.1, 0.15) is 51.3 Å². The van der Waals surface area contributed by atoms with Crippen LogP contribution in [0.25, 0.3) is 21.8 Å². The summed E-state index contributed by atoms with van der Waals surface area (Å²) in [6, 6.07) is 14.8. The lowest BCUT2D eigenvalue weighted by Gasteiger charge is -2.21. The maximum absolute atomic E-state index is 13.0. The largest absolute Gasteiger partial charge is 0.346 e. The van der Waals surface area contributed by atoms with Crippen molar-refractivity contribution in [3.05, 3.63) is 70.4 Å². The molecule has 160 valence electrons. The maximum atomic E-state index is 13.0. The summed E-state index contributed by atoms with van der Waals surface area (Å²) in [6.07, 6.45) is 0.0803. The third-order valence-corrected chi connectivity index (χ3v) is 5.41. The fourth-order valence-electron chi connectivity index (χ4n) is 3.80. The van der Waals surface area contributed by atoms with Crippen LogP contribution in [0.3, 0.4) is 0 Å². The molecule has 0 spiro atoms. The number of amides is 1. The van der Waals surface area contributed by atoms with Crippen molar-refractivity contribution in [2.24, 2.45) is 5.92 Å². The fraction of sp³-hybridized carbons (Fsp3) is 0.333. The zero-order valence-electron chi connectivity index (χ0n) is 18.2. The highest BCUT2D eigenvalue weighted by Gasteiger charge is 2.23. The van der Waals surface area contributed by atoms with Gasteiger partial charge in [0.25, 0.3) is 5.56 Å². The number of hydrogen-bond donors (Lipinski definition) is 2. The number of rotatable bonds is 6. The summed E-state index contributed by atoms with van der Waals surface area (Å²) < 4.78 is 1.45. The van der Waals surface area contributed by atoms with E-state index in [9.17, 15) is 9.59 Å². The topological polar surface area (TPSA) is 92.7 Å². The number of nitrogens with one attached hydrogen (secondary N) is 2. The number of para-hydroxylation sites is 2. The van der Waals surface area contributed by atoms with Crippen LogP contribution in [-0.2, 0) is 11.2 Å². The Balaban J connectivity index is 1.65. The van der Waals surface area contributed by atoms with E-state index in [-0.39, 0.29) is 35.9 Å². The molecule has 1 atom stereocenters. The quantitative estimate of drug-likeness (QED) is 0.497. The summed E-state index contributed by atoms with van der Waals surface area (Å²) in [4.78, 5) is 33.8. The summed E-state index contributed by atoms with van der Waals surface area (Å²) in [6.45, 7) is 7.90. The zero-order chi connectivity index (χ0) is 22.1. The Hall–Kier alpha value is -3.48. The van der Waals surface area contributed by atoms with Crippen molar-refractivity contribution in [1.29, 1.82) is 0 Å². The van der Waals surface area contributed by atoms with Crippen LogP contribution < -0.4 is 10.9 Å². The van der Waals surface area contributed by atoms with E-state index in [4.69, 9.17) is 0 Å². The van der Waals surface area contributed by atoms with Crippen LogP contribution >= 0.6 is 0 Å². The molecule has 0 saturated carbocycles. The Morgan fingerprint density at radius 3 is 2.39 bits per heavy atom. The molecule has 2 aromatic heterocycles. The monoisotopic (exact) mass is 417 g/mol. The number of aromatic nitrogens is 4. The second-order valence-electron chi connectivity index (χ2n) is 8.44. The van der Waals surface area contributed by atoms with E-state index in [2.05, 4.69) is 20.4 Å². The SMILES string of the molecule is CC(C)[C@H](NC(=O)Cc1nn(C(C)C)c(=O)c2ccccc12)c1nc2ccccc2[nH]1. The normalized spacial score (nSPS) is 12.7. The number of benzene rings is 2. The molecule has 0 radical (unpaired) electrons. The number of fused-ring (bicyclic) bond motifs is 2. The zero-order valence-corrected chi connectivity index (χ0v) is 18.2. The summed E-state index contributed by atoms with van der Waals surface area (Å²) in [7, 11) is 0. The Kier molecular flexibility index (Phi) is 5.59. The van der Waals surface area contributed by atoms with E-state index in [1.54, 1.807) is 6.07 Å². The van der Waals surface area contributed by atoms with Gasteiger partial charge in [-0.25, -0.2) is 9.67 Å². The molecule has 31 heavy (non-hydrogen) atoms. The Morgan fingerprint density at radius 1 is 1.03 bits per heavy atom. The van der Waals surface area contributed by atoms with Crippen molar-refractivity contribution in [2.45, 2.75) is 46.2 Å². The van der Waals surface area contributed by atoms with Gasteiger partial charge in [0.2, 0.25) is 5.91 Å². The maximum Gasteiger partial charge on any atom is 0.274 e. The van der Waals surface area contributed by atoms with Gasteiger partial charge in [-0.3, -0.25) is 9.59 Å². The number of carbonyl (C=O) groups excluding carboxylic acids is 1. The van der Waals surface area contributed by atoms with Gasteiger partial charge >= 0.3 is 0 Å². The van der Waals surface area contributed by atoms with Crippen molar-refractivity contribution in [3.63, 3.8) is 0 Å². The van der Waals surface area contributed by atoms with E-state index in [0.717, 1.165) is 16.9 Å². The van der Waals surface area contributed by atoms with Crippen LogP contribution in [0.2, 0.25) is 0 Å². The van der Waals surface area contributed by atoms with E-state index in [0.29, 0.717) is 16.5 Å². The predicted molar refractivity (Wildman–Crippen MR) is 122 cm³/mol. The van der Waals surface area contributed by atoms with Crippen molar-refractivity contribution >= 4 is 27.7 Å². The van der Waals surface area contributed by atoms with Gasteiger partial charge in [0, 0.05) is 5.39 Å². The molecule has 4 rings (SSSR count). The lowest BCUT2D eigenvalue weighted by Crippen LogP contribution is -2.34. The fourth-order valence-corrected chi connectivity index (χ4v) is 3.80. The van der Waals surface area contributed by atoms with Gasteiger partial charge in [-0.2, -0.15) is 5.10 Å². The van der Waals surface area contributed by atoms with E-state index < -0.39 is 0 Å². The van der Waals surface area contributed by atoms with E-state index in [1.165, 1.54) is 4.68 Å². The average Bonchev–Trinajstić information content (AvgIpc) is 3.17. The molecule has 2 aromatic carbocycles. The molecule has 1 amide bonds. The summed E-state index contributed by atoms with van der Waals surface area (Å²) >= 11 is 0. The minimum Gasteiger partial charge on any atom is -0.346 e. The second kappa shape index (κ2) is 8.34. The van der Waals surface area contributed by atoms with Crippen LogP contribution in [-0.4, -0.2) is 25.7 Å². The molecule has 4 aromatic rings. The van der Waals surface area contributed by atoms with Gasteiger partial charge in [-0.1, -0.05) is 44.2 Å². The minimum atomic E-state index is -0.262. The van der Waals surface area contributed by atoms with Crippen LogP contribution in [0.5, 0.6) is 0 Å². The Bertz CT molecular complexity index is 1270. The van der Waals surface area contributed by atoms with Gasteiger partial charge < -0.3 is 10.3 Å². The van der Waals surface area contributed by atoms with Crippen molar-refractivity contribution < 1.29 is 4.79 Å². The molecule has 0 saturated heterocycles. The number of H-pyrrole nitrogens is 1. The number of carbonyl (C=O) groups is 1. The molecule has 7 heteroatoms. The molecule has 0 bridgehead atoms. The second-order valence-corrected chi connectivity index (χ2v) is 8.44. The first kappa shape index (κ1) is 20.8. The highest BCUT2D eigenvalue weighted by molar-refractivity contribution is 5.88. The summed E-state index contributed by atoms with van der Waals surface area (Å²) in [5.41, 5.74) is 2.26. The van der Waals surface area contributed by atoms with Crippen LogP contribution in [0, 0.1) is 5.92 Å². The van der Waals surface area contributed by atoms with Crippen LogP contribution in [0.15, 0.2) is 53.3 Å². The van der Waals surface area contributed by atoms with Gasteiger partial charge in [0.15, 0.2) is 0 Å². The predicted octanol–water partition coefficient (Wildman–Crippen LogP) is 3.91. The van der Waals surface area contributed by atoms with Crippen molar-refractivity contribution in [1.82, 2.24) is 25.1 Å². The molecule has 0 fully saturated rings. The van der Waals surface area contributed by atoms with Gasteiger partial charge in [-0.05, 0) is 38.0 Å². The molecule has 0 aliphatic rings. The first-order valence-corrected chi connectivity index (χ1v) is 10.6. The van der Waals surface area contributed by atoms with E-state index in [1.807, 2.05) is 70.2 Å². The first-order valence-electron chi connectivity index (χ1n) is 10.6. The summed E-state index contributed by atoms with van der Waals surface area (Å²) in [5.74, 6) is 0.708. The van der Waals surface area contributed by atoms with Crippen molar-refractivity contribution in [2.75, 3.05) is 0 Å². The highest BCUT2D eigenvalue weighted by Crippen LogP contribution is 2.23. The molecule has 0 aliphatic heterocycles. The lowest BCUT2D eigenvalue weighted by molar-refractivity contribution is -0.121. The Labute approximate surface area is 180 Å². The number of aromatic amines is 1. The third-order valence-electron chi connectivity index (χ3n) is 5.41. The third kappa shape index (κ3) is 4.08.